The molecule has 0 saturated carbocycles. The highest BCUT2D eigenvalue weighted by Gasteiger charge is 2.22. The van der Waals surface area contributed by atoms with E-state index in [0.717, 1.165) is 17.9 Å². The molecule has 1 rings (SSSR count). The first-order valence-electron chi connectivity index (χ1n) is 7.13. The minimum atomic E-state index is 0.733. The zero-order chi connectivity index (χ0) is 12.0. The second kappa shape index (κ2) is 7.29. The van der Waals surface area contributed by atoms with E-state index in [-0.39, 0.29) is 0 Å². The maximum absolute atomic E-state index is 3.52. The summed E-state index contributed by atoms with van der Waals surface area (Å²) in [5, 5.41) is 3.52. The van der Waals surface area contributed by atoms with Crippen molar-refractivity contribution in [2.75, 3.05) is 26.2 Å². The third kappa shape index (κ3) is 4.06. The smallest absolute Gasteiger partial charge is 0.00924 e. The van der Waals surface area contributed by atoms with Gasteiger partial charge in [0.05, 0.1) is 0 Å². The lowest BCUT2D eigenvalue weighted by Gasteiger charge is -2.36. The Hall–Kier alpha value is -0.0800. The maximum atomic E-state index is 3.52. The Morgan fingerprint density at radius 1 is 1.31 bits per heavy atom. The molecule has 3 unspecified atom stereocenters. The number of rotatable bonds is 6. The Bertz CT molecular complexity index is 176. The van der Waals surface area contributed by atoms with Gasteiger partial charge < -0.3 is 10.2 Å². The highest BCUT2D eigenvalue weighted by Crippen LogP contribution is 2.18. The highest BCUT2D eigenvalue weighted by molar-refractivity contribution is 4.77. The molecule has 0 bridgehead atoms. The first-order valence-corrected chi connectivity index (χ1v) is 7.13. The summed E-state index contributed by atoms with van der Waals surface area (Å²) in [5.41, 5.74) is 0. The van der Waals surface area contributed by atoms with Gasteiger partial charge in [-0.3, -0.25) is 0 Å². The zero-order valence-electron chi connectivity index (χ0n) is 11.6. The fourth-order valence-electron chi connectivity index (χ4n) is 2.70. The summed E-state index contributed by atoms with van der Waals surface area (Å²) in [7, 11) is 0. The normalized spacial score (nSPS) is 25.7. The topological polar surface area (TPSA) is 15.3 Å². The van der Waals surface area contributed by atoms with Crippen molar-refractivity contribution in [3.63, 3.8) is 0 Å². The van der Waals surface area contributed by atoms with Crippen molar-refractivity contribution in [3.8, 4) is 0 Å². The zero-order valence-corrected chi connectivity index (χ0v) is 11.6. The van der Waals surface area contributed by atoms with Crippen molar-refractivity contribution in [2.24, 2.45) is 11.8 Å². The van der Waals surface area contributed by atoms with Crippen LogP contribution in [0.25, 0.3) is 0 Å². The van der Waals surface area contributed by atoms with E-state index < -0.39 is 0 Å². The molecule has 1 heterocycles. The largest absolute Gasteiger partial charge is 0.316 e. The van der Waals surface area contributed by atoms with E-state index in [9.17, 15) is 0 Å². The molecule has 0 aliphatic carbocycles. The van der Waals surface area contributed by atoms with Crippen LogP contribution in [0.1, 0.15) is 47.0 Å². The van der Waals surface area contributed by atoms with Crippen molar-refractivity contribution >= 4 is 0 Å². The van der Waals surface area contributed by atoms with Gasteiger partial charge in [-0.1, -0.05) is 27.2 Å². The quantitative estimate of drug-likeness (QED) is 0.749. The molecule has 3 atom stereocenters. The van der Waals surface area contributed by atoms with E-state index in [0.29, 0.717) is 0 Å². The second-order valence-electron chi connectivity index (χ2n) is 5.43. The SMILES string of the molecule is CCC(C)C(C)N(CC)CC1CCCNC1. The van der Waals surface area contributed by atoms with Gasteiger partial charge >= 0.3 is 0 Å². The van der Waals surface area contributed by atoms with Crippen LogP contribution >= 0.6 is 0 Å². The van der Waals surface area contributed by atoms with Gasteiger partial charge in [0.25, 0.3) is 0 Å². The molecular weight excluding hydrogens is 196 g/mol. The average molecular weight is 226 g/mol. The van der Waals surface area contributed by atoms with Crippen molar-refractivity contribution in [1.82, 2.24) is 10.2 Å². The molecule has 0 aromatic rings. The summed E-state index contributed by atoms with van der Waals surface area (Å²) in [6, 6.07) is 0.733. The van der Waals surface area contributed by atoms with E-state index in [1.54, 1.807) is 0 Å². The van der Waals surface area contributed by atoms with Crippen molar-refractivity contribution < 1.29 is 0 Å². The first kappa shape index (κ1) is 14.0. The number of nitrogens with zero attached hydrogens (tertiary/aromatic N) is 1. The van der Waals surface area contributed by atoms with Gasteiger partial charge in [0.2, 0.25) is 0 Å². The molecule has 2 heteroatoms. The molecule has 0 amide bonds. The van der Waals surface area contributed by atoms with E-state index in [1.165, 1.54) is 45.4 Å². The standard InChI is InChI=1S/C14H30N2/c1-5-12(3)13(4)16(6-2)11-14-8-7-9-15-10-14/h12-15H,5-11H2,1-4H3. The summed E-state index contributed by atoms with van der Waals surface area (Å²) in [5.74, 6) is 1.69. The Morgan fingerprint density at radius 3 is 2.56 bits per heavy atom. The summed E-state index contributed by atoms with van der Waals surface area (Å²) in [6.07, 6.45) is 4.07. The molecule has 16 heavy (non-hydrogen) atoms. The fourth-order valence-corrected chi connectivity index (χ4v) is 2.70. The lowest BCUT2D eigenvalue weighted by molar-refractivity contribution is 0.133. The number of hydrogen-bond donors (Lipinski definition) is 1. The van der Waals surface area contributed by atoms with E-state index in [1.807, 2.05) is 0 Å². The Balaban J connectivity index is 2.40. The molecule has 0 aromatic heterocycles. The second-order valence-corrected chi connectivity index (χ2v) is 5.43. The van der Waals surface area contributed by atoms with E-state index in [4.69, 9.17) is 0 Å². The van der Waals surface area contributed by atoms with Crippen LogP contribution in [-0.4, -0.2) is 37.1 Å². The number of piperidine rings is 1. The minimum Gasteiger partial charge on any atom is -0.316 e. The van der Waals surface area contributed by atoms with Gasteiger partial charge in [-0.05, 0) is 51.2 Å². The summed E-state index contributed by atoms with van der Waals surface area (Å²) >= 11 is 0. The molecule has 1 aliphatic rings. The molecule has 2 nitrogen and oxygen atoms in total. The van der Waals surface area contributed by atoms with Crippen LogP contribution in [0.4, 0.5) is 0 Å². The summed E-state index contributed by atoms with van der Waals surface area (Å²) in [4.78, 5) is 2.67. The summed E-state index contributed by atoms with van der Waals surface area (Å²) in [6.45, 7) is 14.3. The van der Waals surface area contributed by atoms with Gasteiger partial charge in [0, 0.05) is 12.6 Å². The lowest BCUT2D eigenvalue weighted by atomic mass is 9.95. The van der Waals surface area contributed by atoms with Gasteiger partial charge in [0.15, 0.2) is 0 Å². The van der Waals surface area contributed by atoms with Crippen molar-refractivity contribution in [1.29, 1.82) is 0 Å². The van der Waals surface area contributed by atoms with Crippen LogP contribution in [0.5, 0.6) is 0 Å². The van der Waals surface area contributed by atoms with Gasteiger partial charge in [-0.15, -0.1) is 0 Å². The average Bonchev–Trinajstić information content (AvgIpc) is 2.35. The Labute approximate surface area is 102 Å². The van der Waals surface area contributed by atoms with Crippen LogP contribution in [0.3, 0.4) is 0 Å². The van der Waals surface area contributed by atoms with Gasteiger partial charge in [0.1, 0.15) is 0 Å². The van der Waals surface area contributed by atoms with E-state index in [2.05, 4.69) is 37.9 Å². The lowest BCUT2D eigenvalue weighted by Crippen LogP contribution is -2.44. The monoisotopic (exact) mass is 226 g/mol. The molecule has 1 N–H and O–H groups in total. The van der Waals surface area contributed by atoms with Crippen LogP contribution in [0.15, 0.2) is 0 Å². The summed E-state index contributed by atoms with van der Waals surface area (Å²) < 4.78 is 0. The molecular formula is C14H30N2. The van der Waals surface area contributed by atoms with Crippen molar-refractivity contribution in [2.45, 2.75) is 53.0 Å². The van der Waals surface area contributed by atoms with Crippen LogP contribution in [-0.2, 0) is 0 Å². The third-order valence-corrected chi connectivity index (χ3v) is 4.34. The molecule has 96 valence electrons. The predicted molar refractivity (Wildman–Crippen MR) is 71.8 cm³/mol. The third-order valence-electron chi connectivity index (χ3n) is 4.34. The molecule has 1 saturated heterocycles. The first-order chi connectivity index (χ1) is 7.69. The molecule has 0 aromatic carbocycles. The van der Waals surface area contributed by atoms with E-state index >= 15 is 0 Å². The van der Waals surface area contributed by atoms with Crippen LogP contribution in [0.2, 0.25) is 0 Å². The van der Waals surface area contributed by atoms with Crippen molar-refractivity contribution in [3.05, 3.63) is 0 Å². The Morgan fingerprint density at radius 2 is 2.06 bits per heavy atom. The number of nitrogens with one attached hydrogen (secondary N) is 1. The van der Waals surface area contributed by atoms with Gasteiger partial charge in [-0.2, -0.15) is 0 Å². The molecule has 0 spiro atoms. The number of hydrogen-bond acceptors (Lipinski definition) is 2. The fraction of sp³-hybridized carbons (Fsp3) is 1.00. The molecule has 1 aliphatic heterocycles. The highest BCUT2D eigenvalue weighted by atomic mass is 15.2. The molecule has 0 radical (unpaired) electrons. The van der Waals surface area contributed by atoms with Gasteiger partial charge in [-0.25, -0.2) is 0 Å². The Kier molecular flexibility index (Phi) is 6.37. The maximum Gasteiger partial charge on any atom is 0.00924 e. The van der Waals surface area contributed by atoms with Crippen LogP contribution < -0.4 is 5.32 Å². The molecule has 1 fully saturated rings. The minimum absolute atomic E-state index is 0.733. The predicted octanol–water partition coefficient (Wildman–Crippen LogP) is 2.74. The van der Waals surface area contributed by atoms with Crippen LogP contribution in [0, 0.1) is 11.8 Å².